The Hall–Kier alpha value is -2.62. The number of nitrogens with two attached hydrogens (primary N) is 1. The minimum Gasteiger partial charge on any atom is -0.431 e. The maximum absolute atomic E-state index is 10.7. The lowest BCUT2D eigenvalue weighted by Crippen LogP contribution is -2.23. The van der Waals surface area contributed by atoms with Crippen LogP contribution < -0.4 is 5.73 Å². The van der Waals surface area contributed by atoms with Crippen molar-refractivity contribution in [3.05, 3.63) is 39.9 Å². The molecule has 0 aromatic heterocycles. The van der Waals surface area contributed by atoms with E-state index in [0.717, 1.165) is 0 Å². The molecule has 0 spiro atoms. The molecular formula is C10H9N3O4. The van der Waals surface area contributed by atoms with E-state index < -0.39 is 17.1 Å². The molecule has 0 heterocycles. The number of ether oxygens (including phenoxy) is 1. The molecule has 0 aliphatic heterocycles. The molecule has 1 aromatic rings. The predicted molar refractivity (Wildman–Crippen MR) is 56.9 cm³/mol. The van der Waals surface area contributed by atoms with Crippen LogP contribution in [0.4, 0.5) is 10.5 Å². The quantitative estimate of drug-likeness (QED) is 0.619. The standard InChI is InChI=1S/C10H9N3O4/c11-6-8(17-10(12)14)5-7-3-1-2-4-9(7)13(15)16/h1-4,8H,5H2,(H2,12,14). The zero-order valence-electron chi connectivity index (χ0n) is 8.70. The van der Waals surface area contributed by atoms with Gasteiger partial charge < -0.3 is 10.5 Å². The van der Waals surface area contributed by atoms with Crippen LogP contribution in [0.15, 0.2) is 24.3 Å². The fourth-order valence-corrected chi connectivity index (χ4v) is 1.32. The third-order valence-corrected chi connectivity index (χ3v) is 2.00. The van der Waals surface area contributed by atoms with Crippen LogP contribution in [0, 0.1) is 21.4 Å². The van der Waals surface area contributed by atoms with Crippen molar-refractivity contribution >= 4 is 11.8 Å². The third kappa shape index (κ3) is 3.46. The topological polar surface area (TPSA) is 119 Å². The van der Waals surface area contributed by atoms with E-state index in [9.17, 15) is 14.9 Å². The zero-order valence-corrected chi connectivity index (χ0v) is 8.70. The molecule has 1 unspecified atom stereocenters. The van der Waals surface area contributed by atoms with E-state index in [-0.39, 0.29) is 12.1 Å². The van der Waals surface area contributed by atoms with Gasteiger partial charge in [-0.15, -0.1) is 0 Å². The zero-order chi connectivity index (χ0) is 12.8. The van der Waals surface area contributed by atoms with Gasteiger partial charge in [0.05, 0.1) is 4.92 Å². The molecule has 0 aliphatic carbocycles. The molecule has 88 valence electrons. The molecule has 1 rings (SSSR count). The van der Waals surface area contributed by atoms with Crippen molar-refractivity contribution in [2.45, 2.75) is 12.5 Å². The number of nitriles is 1. The Bertz CT molecular complexity index is 481. The number of amides is 1. The van der Waals surface area contributed by atoms with Gasteiger partial charge in [-0.25, -0.2) is 4.79 Å². The molecule has 7 nitrogen and oxygen atoms in total. The number of nitro benzene ring substituents is 1. The van der Waals surface area contributed by atoms with Gasteiger partial charge >= 0.3 is 6.09 Å². The van der Waals surface area contributed by atoms with Crippen molar-refractivity contribution < 1.29 is 14.5 Å². The molecule has 0 radical (unpaired) electrons. The van der Waals surface area contributed by atoms with Crippen LogP contribution in [0.2, 0.25) is 0 Å². The van der Waals surface area contributed by atoms with Gasteiger partial charge in [0.25, 0.3) is 5.69 Å². The number of para-hydroxylation sites is 1. The van der Waals surface area contributed by atoms with Crippen LogP contribution in [-0.4, -0.2) is 17.1 Å². The summed E-state index contributed by atoms with van der Waals surface area (Å²) in [6.07, 6.45) is -2.29. The summed E-state index contributed by atoms with van der Waals surface area (Å²) in [5, 5.41) is 19.4. The number of benzene rings is 1. The minimum atomic E-state index is -1.13. The summed E-state index contributed by atoms with van der Waals surface area (Å²) in [6.45, 7) is 0. The van der Waals surface area contributed by atoms with E-state index in [2.05, 4.69) is 4.74 Å². The Balaban J connectivity index is 2.90. The van der Waals surface area contributed by atoms with Gasteiger partial charge in [0, 0.05) is 18.1 Å². The fourth-order valence-electron chi connectivity index (χ4n) is 1.32. The normalized spacial score (nSPS) is 11.2. The second kappa shape index (κ2) is 5.46. The van der Waals surface area contributed by atoms with Crippen molar-refractivity contribution in [3.8, 4) is 6.07 Å². The van der Waals surface area contributed by atoms with E-state index in [0.29, 0.717) is 5.56 Å². The van der Waals surface area contributed by atoms with E-state index in [1.165, 1.54) is 18.2 Å². The molecule has 2 N–H and O–H groups in total. The molecule has 1 aromatic carbocycles. The number of carbonyl (C=O) groups is 1. The van der Waals surface area contributed by atoms with Crippen molar-refractivity contribution in [1.29, 1.82) is 5.26 Å². The molecule has 1 atom stereocenters. The number of hydrogen-bond donors (Lipinski definition) is 1. The molecular weight excluding hydrogens is 226 g/mol. The number of primary amides is 1. The summed E-state index contributed by atoms with van der Waals surface area (Å²) >= 11 is 0. The fraction of sp³-hybridized carbons (Fsp3) is 0.200. The smallest absolute Gasteiger partial charge is 0.405 e. The molecule has 0 aliphatic rings. The highest BCUT2D eigenvalue weighted by Gasteiger charge is 2.19. The van der Waals surface area contributed by atoms with Crippen LogP contribution in [0.1, 0.15) is 5.56 Å². The number of carbonyl (C=O) groups excluding carboxylic acids is 1. The Morgan fingerprint density at radius 2 is 2.24 bits per heavy atom. The number of nitrogens with zero attached hydrogens (tertiary/aromatic N) is 2. The maximum Gasteiger partial charge on any atom is 0.405 e. The van der Waals surface area contributed by atoms with E-state index in [4.69, 9.17) is 11.0 Å². The summed E-state index contributed by atoms with van der Waals surface area (Å²) in [4.78, 5) is 20.6. The molecule has 0 saturated carbocycles. The highest BCUT2D eigenvalue weighted by Crippen LogP contribution is 2.19. The summed E-state index contributed by atoms with van der Waals surface area (Å²) in [5.74, 6) is 0. The predicted octanol–water partition coefficient (Wildman–Crippen LogP) is 1.12. The van der Waals surface area contributed by atoms with Gasteiger partial charge in [-0.05, 0) is 0 Å². The molecule has 0 saturated heterocycles. The van der Waals surface area contributed by atoms with E-state index in [1.54, 1.807) is 12.1 Å². The molecule has 0 fully saturated rings. The molecule has 0 bridgehead atoms. The lowest BCUT2D eigenvalue weighted by molar-refractivity contribution is -0.385. The Morgan fingerprint density at radius 1 is 1.59 bits per heavy atom. The summed E-state index contributed by atoms with van der Waals surface area (Å²) < 4.78 is 4.49. The molecule has 7 heteroatoms. The van der Waals surface area contributed by atoms with Crippen molar-refractivity contribution in [2.24, 2.45) is 5.73 Å². The van der Waals surface area contributed by atoms with Gasteiger partial charge in [-0.2, -0.15) is 5.26 Å². The van der Waals surface area contributed by atoms with Crippen LogP contribution in [-0.2, 0) is 11.2 Å². The highest BCUT2D eigenvalue weighted by molar-refractivity contribution is 5.65. The van der Waals surface area contributed by atoms with E-state index in [1.807, 2.05) is 0 Å². The molecule has 17 heavy (non-hydrogen) atoms. The van der Waals surface area contributed by atoms with Crippen molar-refractivity contribution in [2.75, 3.05) is 0 Å². The first-order valence-electron chi connectivity index (χ1n) is 4.62. The maximum atomic E-state index is 10.7. The van der Waals surface area contributed by atoms with Crippen LogP contribution in [0.3, 0.4) is 0 Å². The summed E-state index contributed by atoms with van der Waals surface area (Å²) in [6, 6.07) is 7.62. The monoisotopic (exact) mass is 235 g/mol. The van der Waals surface area contributed by atoms with Gasteiger partial charge in [0.1, 0.15) is 6.07 Å². The third-order valence-electron chi connectivity index (χ3n) is 2.00. The molecule has 1 amide bonds. The Morgan fingerprint density at radius 3 is 2.76 bits per heavy atom. The number of nitro groups is 1. The first-order valence-corrected chi connectivity index (χ1v) is 4.62. The average Bonchev–Trinajstić information content (AvgIpc) is 2.28. The van der Waals surface area contributed by atoms with Gasteiger partial charge in [-0.1, -0.05) is 18.2 Å². The van der Waals surface area contributed by atoms with Gasteiger partial charge in [-0.3, -0.25) is 10.1 Å². The van der Waals surface area contributed by atoms with Crippen LogP contribution in [0.5, 0.6) is 0 Å². The van der Waals surface area contributed by atoms with Crippen molar-refractivity contribution in [3.63, 3.8) is 0 Å². The van der Waals surface area contributed by atoms with Crippen molar-refractivity contribution in [1.82, 2.24) is 0 Å². The van der Waals surface area contributed by atoms with Crippen LogP contribution in [0.25, 0.3) is 0 Å². The Kier molecular flexibility index (Phi) is 4.00. The summed E-state index contributed by atoms with van der Waals surface area (Å²) in [7, 11) is 0. The second-order valence-electron chi connectivity index (χ2n) is 3.14. The van der Waals surface area contributed by atoms with Crippen LogP contribution >= 0.6 is 0 Å². The lowest BCUT2D eigenvalue weighted by atomic mass is 10.1. The number of rotatable bonds is 4. The first kappa shape index (κ1) is 12.4. The highest BCUT2D eigenvalue weighted by atomic mass is 16.6. The van der Waals surface area contributed by atoms with E-state index >= 15 is 0 Å². The number of hydrogen-bond acceptors (Lipinski definition) is 5. The second-order valence-corrected chi connectivity index (χ2v) is 3.14. The van der Waals surface area contributed by atoms with Gasteiger partial charge in [0.2, 0.25) is 0 Å². The first-order chi connectivity index (χ1) is 8.04. The Labute approximate surface area is 96.6 Å². The largest absolute Gasteiger partial charge is 0.431 e. The SMILES string of the molecule is N#CC(Cc1ccccc1[N+](=O)[O-])OC(N)=O. The summed E-state index contributed by atoms with van der Waals surface area (Å²) in [5.41, 5.74) is 4.96. The lowest BCUT2D eigenvalue weighted by Gasteiger charge is -2.08. The van der Waals surface area contributed by atoms with Gasteiger partial charge in [0.15, 0.2) is 6.10 Å². The minimum absolute atomic E-state index is 0.0728. The average molecular weight is 235 g/mol.